The summed E-state index contributed by atoms with van der Waals surface area (Å²) in [6.45, 7) is 5.53. The molecule has 1 fully saturated rings. The number of nitrogens with one attached hydrogen (secondary N) is 2. The first-order valence-corrected chi connectivity index (χ1v) is 11.5. The Bertz CT molecular complexity index is 787. The first-order chi connectivity index (χ1) is 14.9. The molecule has 0 unspecified atom stereocenters. The number of amides is 3. The van der Waals surface area contributed by atoms with Crippen molar-refractivity contribution in [1.82, 2.24) is 15.5 Å². The molecule has 170 valence electrons. The predicted octanol–water partition coefficient (Wildman–Crippen LogP) is 2.43. The van der Waals surface area contributed by atoms with Crippen LogP contribution < -0.4 is 15.4 Å². The first kappa shape index (κ1) is 23.1. The number of rotatable bonds is 1. The number of hydrogen-bond donors (Lipinski definition) is 2. The fourth-order valence-electron chi connectivity index (χ4n) is 4.53. The third kappa shape index (κ3) is 5.77. The number of nitrogens with zero attached hydrogens (tertiary/aromatic N) is 1. The van der Waals surface area contributed by atoms with Gasteiger partial charge in [0, 0.05) is 19.5 Å². The summed E-state index contributed by atoms with van der Waals surface area (Å²) in [7, 11) is 0. The largest absolute Gasteiger partial charge is 0.491 e. The molecule has 31 heavy (non-hydrogen) atoms. The molecule has 0 aromatic heterocycles. The zero-order chi connectivity index (χ0) is 22.3. The molecule has 1 aromatic rings. The number of likely N-dealkylation sites (tertiary alicyclic amines) is 1. The van der Waals surface area contributed by atoms with Crippen molar-refractivity contribution in [3.63, 3.8) is 0 Å². The van der Waals surface area contributed by atoms with Crippen LogP contribution in [0.2, 0.25) is 0 Å². The molecule has 3 amide bonds. The molecule has 2 aliphatic heterocycles. The number of benzene rings is 1. The Hall–Kier alpha value is -2.57. The average Bonchev–Trinajstić information content (AvgIpc) is 2.79. The summed E-state index contributed by atoms with van der Waals surface area (Å²) in [6.07, 6.45) is 5.26. The highest BCUT2D eigenvalue weighted by Gasteiger charge is 2.42. The maximum absolute atomic E-state index is 13.3. The van der Waals surface area contributed by atoms with Crippen molar-refractivity contribution in [1.29, 1.82) is 0 Å². The van der Waals surface area contributed by atoms with Gasteiger partial charge in [0.1, 0.15) is 18.4 Å². The van der Waals surface area contributed by atoms with Gasteiger partial charge in [0.2, 0.25) is 17.7 Å². The Labute approximate surface area is 184 Å². The number of ether oxygens (including phenoxy) is 1. The van der Waals surface area contributed by atoms with Gasteiger partial charge in [-0.3, -0.25) is 14.4 Å². The molecule has 2 N–H and O–H groups in total. The molecule has 1 atom stereocenters. The van der Waals surface area contributed by atoms with E-state index in [2.05, 4.69) is 16.7 Å². The van der Waals surface area contributed by atoms with Crippen LogP contribution >= 0.6 is 0 Å². The molecule has 7 heteroatoms. The van der Waals surface area contributed by atoms with E-state index in [4.69, 9.17) is 4.74 Å². The Morgan fingerprint density at radius 1 is 1.16 bits per heavy atom. The second-order valence-corrected chi connectivity index (χ2v) is 8.66. The van der Waals surface area contributed by atoms with Crippen molar-refractivity contribution in [3.05, 3.63) is 29.8 Å². The average molecular weight is 430 g/mol. The number of aryl methyl sites for hydroxylation is 1. The maximum atomic E-state index is 13.3. The van der Waals surface area contributed by atoms with E-state index >= 15 is 0 Å². The molecule has 2 aliphatic rings. The van der Waals surface area contributed by atoms with Gasteiger partial charge in [-0.05, 0) is 50.7 Å². The highest BCUT2D eigenvalue weighted by Crippen LogP contribution is 2.38. The summed E-state index contributed by atoms with van der Waals surface area (Å²) >= 11 is 0. The van der Waals surface area contributed by atoms with Crippen LogP contribution in [0.25, 0.3) is 0 Å². The van der Waals surface area contributed by atoms with Crippen LogP contribution in [-0.4, -0.2) is 54.9 Å². The molecule has 0 aliphatic carbocycles. The van der Waals surface area contributed by atoms with E-state index in [0.29, 0.717) is 45.5 Å². The molecule has 0 radical (unpaired) electrons. The van der Waals surface area contributed by atoms with Crippen LogP contribution in [0.5, 0.6) is 5.75 Å². The number of hydrogen-bond acceptors (Lipinski definition) is 4. The van der Waals surface area contributed by atoms with Crippen molar-refractivity contribution in [3.8, 4) is 5.75 Å². The van der Waals surface area contributed by atoms with Gasteiger partial charge in [-0.15, -0.1) is 0 Å². The van der Waals surface area contributed by atoms with Gasteiger partial charge in [0.25, 0.3) is 0 Å². The summed E-state index contributed by atoms with van der Waals surface area (Å²) in [5, 5.41) is 5.78. The zero-order valence-electron chi connectivity index (χ0n) is 18.7. The van der Waals surface area contributed by atoms with E-state index in [0.717, 1.165) is 37.0 Å². The minimum atomic E-state index is -0.614. The number of carbonyl (C=O) groups is 3. The Kier molecular flexibility index (Phi) is 7.93. The van der Waals surface area contributed by atoms with E-state index in [1.807, 2.05) is 30.0 Å². The molecular weight excluding hydrogens is 394 g/mol. The lowest BCUT2D eigenvalue weighted by atomic mass is 9.73. The molecule has 0 saturated carbocycles. The van der Waals surface area contributed by atoms with Gasteiger partial charge in [-0.1, -0.05) is 31.5 Å². The molecule has 1 spiro atoms. The normalized spacial score (nSPS) is 22.9. The quantitative estimate of drug-likeness (QED) is 0.718. The highest BCUT2D eigenvalue weighted by atomic mass is 16.5. The number of piperidine rings is 1. The molecule has 2 heterocycles. The van der Waals surface area contributed by atoms with Crippen LogP contribution in [0.3, 0.4) is 0 Å². The van der Waals surface area contributed by atoms with Crippen LogP contribution in [-0.2, 0) is 20.8 Å². The van der Waals surface area contributed by atoms with Crippen molar-refractivity contribution < 1.29 is 19.1 Å². The van der Waals surface area contributed by atoms with Gasteiger partial charge in [-0.2, -0.15) is 0 Å². The SMILES string of the molecule is CCC(=O)N1CCC2(CCCCc3ccccc3OCCNC(=O)[C@H](C)NC2=O)CC1. The minimum Gasteiger partial charge on any atom is -0.491 e. The Morgan fingerprint density at radius 2 is 1.90 bits per heavy atom. The third-order valence-electron chi connectivity index (χ3n) is 6.58. The summed E-state index contributed by atoms with van der Waals surface area (Å²) in [5.74, 6) is 0.714. The number of carbonyl (C=O) groups excluding carboxylic acids is 3. The molecule has 0 bridgehead atoms. The molecule has 3 rings (SSSR count). The molecule has 1 aromatic carbocycles. The summed E-state index contributed by atoms with van der Waals surface area (Å²) in [6, 6.07) is 7.39. The van der Waals surface area contributed by atoms with Crippen LogP contribution in [0.1, 0.15) is 57.9 Å². The topological polar surface area (TPSA) is 87.7 Å². The number of fused-ring (bicyclic) bond motifs is 1. The zero-order valence-corrected chi connectivity index (χ0v) is 18.7. The summed E-state index contributed by atoms with van der Waals surface area (Å²) in [4.78, 5) is 39.7. The van der Waals surface area contributed by atoms with Gasteiger partial charge in [0.05, 0.1) is 12.0 Å². The van der Waals surface area contributed by atoms with E-state index in [1.165, 1.54) is 0 Å². The Balaban J connectivity index is 1.75. The van der Waals surface area contributed by atoms with Crippen molar-refractivity contribution in [2.75, 3.05) is 26.2 Å². The van der Waals surface area contributed by atoms with Gasteiger partial charge in [-0.25, -0.2) is 0 Å². The second kappa shape index (κ2) is 10.6. The van der Waals surface area contributed by atoms with E-state index in [1.54, 1.807) is 6.92 Å². The fraction of sp³-hybridized carbons (Fsp3) is 0.625. The van der Waals surface area contributed by atoms with Crippen LogP contribution in [0.4, 0.5) is 0 Å². The lowest BCUT2D eigenvalue weighted by Crippen LogP contribution is -2.54. The van der Waals surface area contributed by atoms with Crippen LogP contribution in [0, 0.1) is 5.41 Å². The molecular formula is C24H35N3O4. The predicted molar refractivity (Wildman–Crippen MR) is 119 cm³/mol. The van der Waals surface area contributed by atoms with Crippen molar-refractivity contribution in [2.45, 2.75) is 64.8 Å². The van der Waals surface area contributed by atoms with E-state index < -0.39 is 11.5 Å². The van der Waals surface area contributed by atoms with Gasteiger partial charge < -0.3 is 20.3 Å². The monoisotopic (exact) mass is 429 g/mol. The molecule has 7 nitrogen and oxygen atoms in total. The van der Waals surface area contributed by atoms with Crippen LogP contribution in [0.15, 0.2) is 24.3 Å². The van der Waals surface area contributed by atoms with Crippen molar-refractivity contribution in [2.24, 2.45) is 5.41 Å². The summed E-state index contributed by atoms with van der Waals surface area (Å²) < 4.78 is 5.88. The second-order valence-electron chi connectivity index (χ2n) is 8.66. The maximum Gasteiger partial charge on any atom is 0.242 e. The Morgan fingerprint density at radius 3 is 2.65 bits per heavy atom. The van der Waals surface area contributed by atoms with E-state index in [-0.39, 0.29) is 17.7 Å². The van der Waals surface area contributed by atoms with Gasteiger partial charge in [0.15, 0.2) is 0 Å². The first-order valence-electron chi connectivity index (χ1n) is 11.5. The highest BCUT2D eigenvalue weighted by molar-refractivity contribution is 5.90. The van der Waals surface area contributed by atoms with E-state index in [9.17, 15) is 14.4 Å². The molecule has 1 saturated heterocycles. The standard InChI is InChI=1S/C24H35N3O4/c1-3-21(28)27-15-12-24(13-16-27)11-7-6-9-19-8-4-5-10-20(19)31-17-14-25-22(29)18(2)26-23(24)30/h4-5,8,10,18H,3,6-7,9,11-17H2,1-2H3,(H,25,29)(H,26,30)/t18-/m0/s1. The smallest absolute Gasteiger partial charge is 0.242 e. The lowest BCUT2D eigenvalue weighted by molar-refractivity contribution is -0.142. The lowest BCUT2D eigenvalue weighted by Gasteiger charge is -2.41. The van der Waals surface area contributed by atoms with Crippen molar-refractivity contribution >= 4 is 17.7 Å². The minimum absolute atomic E-state index is 0.0646. The van der Waals surface area contributed by atoms with Gasteiger partial charge >= 0.3 is 0 Å². The summed E-state index contributed by atoms with van der Waals surface area (Å²) in [5.41, 5.74) is 0.619. The third-order valence-corrected chi connectivity index (χ3v) is 6.58. The fourth-order valence-corrected chi connectivity index (χ4v) is 4.53. The number of para-hydroxylation sites is 1.